The van der Waals surface area contributed by atoms with E-state index in [1.807, 2.05) is 35.0 Å². The summed E-state index contributed by atoms with van der Waals surface area (Å²) in [5, 5.41) is 7.91. The second-order valence-corrected chi connectivity index (χ2v) is 8.42. The Hall–Kier alpha value is -3.69. The van der Waals surface area contributed by atoms with E-state index in [0.717, 1.165) is 16.9 Å². The van der Waals surface area contributed by atoms with Crippen molar-refractivity contribution >= 4 is 21.6 Å². The second-order valence-electron chi connectivity index (χ2n) is 6.85. The van der Waals surface area contributed by atoms with Crippen molar-refractivity contribution in [2.24, 2.45) is 5.14 Å². The molecule has 0 unspecified atom stereocenters. The topological polar surface area (TPSA) is 116 Å². The first kappa shape index (κ1) is 20.6. The number of rotatable bonds is 7. The number of para-hydroxylation sites is 1. The maximum Gasteiger partial charge on any atom is 0.255 e. The normalized spacial score (nSPS) is 11.4. The molecular formula is C22H20N4O4S. The molecule has 4 rings (SSSR count). The van der Waals surface area contributed by atoms with E-state index in [1.165, 1.54) is 12.1 Å². The van der Waals surface area contributed by atoms with Gasteiger partial charge in [-0.15, -0.1) is 0 Å². The van der Waals surface area contributed by atoms with Gasteiger partial charge in [0.25, 0.3) is 5.91 Å². The Morgan fingerprint density at radius 2 is 1.77 bits per heavy atom. The molecule has 0 fully saturated rings. The lowest BCUT2D eigenvalue weighted by atomic mass is 10.1. The molecule has 158 valence electrons. The summed E-state index contributed by atoms with van der Waals surface area (Å²) < 4.78 is 30.4. The average molecular weight is 436 g/mol. The van der Waals surface area contributed by atoms with Gasteiger partial charge in [-0.05, 0) is 42.0 Å². The third-order valence-electron chi connectivity index (χ3n) is 4.63. The lowest BCUT2D eigenvalue weighted by Gasteiger charge is -2.11. The number of nitrogens with zero attached hydrogens (tertiary/aromatic N) is 2. The monoisotopic (exact) mass is 436 g/mol. The third kappa shape index (κ3) is 4.90. The number of hydrogen-bond donors (Lipinski definition) is 2. The van der Waals surface area contributed by atoms with Gasteiger partial charge in [0, 0.05) is 18.9 Å². The number of aromatic nitrogens is 2. The zero-order valence-electron chi connectivity index (χ0n) is 16.4. The minimum Gasteiger partial charge on any atom is -0.486 e. The number of pyridine rings is 1. The Labute approximate surface area is 179 Å². The Kier molecular flexibility index (Phi) is 5.70. The predicted octanol–water partition coefficient (Wildman–Crippen LogP) is 2.49. The molecule has 2 aromatic carbocycles. The molecule has 1 amide bonds. The number of benzene rings is 2. The highest BCUT2D eigenvalue weighted by molar-refractivity contribution is 7.89. The minimum absolute atomic E-state index is 0.0215. The van der Waals surface area contributed by atoms with Crippen LogP contribution in [0, 0.1) is 0 Å². The summed E-state index contributed by atoms with van der Waals surface area (Å²) in [5.74, 6) is 0.141. The average Bonchev–Trinajstić information content (AvgIpc) is 3.19. The zero-order chi connectivity index (χ0) is 21.8. The number of carbonyl (C=O) groups is 1. The van der Waals surface area contributed by atoms with Gasteiger partial charge in [-0.3, -0.25) is 4.79 Å². The van der Waals surface area contributed by atoms with Crippen LogP contribution in [0.2, 0.25) is 0 Å². The molecular weight excluding hydrogens is 416 g/mol. The minimum atomic E-state index is -3.75. The fraction of sp³-hybridized carbons (Fsp3) is 0.0909. The van der Waals surface area contributed by atoms with Crippen molar-refractivity contribution < 1.29 is 17.9 Å². The number of ether oxygens (including phenoxy) is 1. The largest absolute Gasteiger partial charge is 0.486 e. The maximum absolute atomic E-state index is 12.7. The highest BCUT2D eigenvalue weighted by Crippen LogP contribution is 2.20. The Morgan fingerprint density at radius 3 is 2.52 bits per heavy atom. The Balaban J connectivity index is 1.41. The van der Waals surface area contributed by atoms with Crippen LogP contribution in [-0.2, 0) is 23.2 Å². The number of primary sulfonamides is 1. The number of hydrogen-bond acceptors (Lipinski definition) is 5. The van der Waals surface area contributed by atoms with Crippen LogP contribution in [0.1, 0.15) is 21.6 Å². The second kappa shape index (κ2) is 8.58. The molecule has 0 saturated heterocycles. The maximum atomic E-state index is 12.7. The van der Waals surface area contributed by atoms with E-state index < -0.39 is 10.0 Å². The molecule has 8 nitrogen and oxygen atoms in total. The highest BCUT2D eigenvalue weighted by atomic mass is 32.2. The van der Waals surface area contributed by atoms with E-state index in [0.29, 0.717) is 11.3 Å². The molecule has 9 heteroatoms. The summed E-state index contributed by atoms with van der Waals surface area (Å²) in [4.78, 5) is 17.2. The number of imidazole rings is 1. The molecule has 0 atom stereocenters. The Bertz CT molecular complexity index is 1300. The first-order chi connectivity index (χ1) is 14.9. The zero-order valence-corrected chi connectivity index (χ0v) is 17.2. The molecule has 0 saturated carbocycles. The van der Waals surface area contributed by atoms with Crippen molar-refractivity contribution in [1.82, 2.24) is 14.7 Å². The predicted molar refractivity (Wildman–Crippen MR) is 115 cm³/mol. The van der Waals surface area contributed by atoms with Crippen LogP contribution in [0.15, 0.2) is 84.0 Å². The lowest BCUT2D eigenvalue weighted by molar-refractivity contribution is 0.0946. The summed E-state index contributed by atoms with van der Waals surface area (Å²) in [6.07, 6.45) is 3.78. The van der Waals surface area contributed by atoms with Gasteiger partial charge in [-0.25, -0.2) is 18.5 Å². The van der Waals surface area contributed by atoms with Crippen molar-refractivity contribution in [2.45, 2.75) is 18.0 Å². The first-order valence-corrected chi connectivity index (χ1v) is 11.0. The molecule has 4 aromatic rings. The van der Waals surface area contributed by atoms with Gasteiger partial charge in [-0.1, -0.05) is 30.3 Å². The van der Waals surface area contributed by atoms with E-state index in [1.54, 1.807) is 36.4 Å². The fourth-order valence-electron chi connectivity index (χ4n) is 3.06. The number of amides is 1. The molecule has 31 heavy (non-hydrogen) atoms. The molecule has 0 bridgehead atoms. The first-order valence-electron chi connectivity index (χ1n) is 9.44. The summed E-state index contributed by atoms with van der Waals surface area (Å²) >= 11 is 0. The number of nitrogens with one attached hydrogen (secondary N) is 1. The van der Waals surface area contributed by atoms with Gasteiger partial charge in [0.2, 0.25) is 10.0 Å². The number of carbonyl (C=O) groups excluding carboxylic acids is 1. The van der Waals surface area contributed by atoms with Crippen molar-refractivity contribution in [3.05, 3.63) is 95.9 Å². The van der Waals surface area contributed by atoms with Crippen LogP contribution in [0.4, 0.5) is 0 Å². The molecule has 0 aliphatic carbocycles. The molecule has 0 spiro atoms. The third-order valence-corrected chi connectivity index (χ3v) is 5.56. The van der Waals surface area contributed by atoms with Crippen molar-refractivity contribution in [2.75, 3.05) is 0 Å². The van der Waals surface area contributed by atoms with Crippen molar-refractivity contribution in [3.63, 3.8) is 0 Å². The molecule has 0 aliphatic heterocycles. The molecule has 3 N–H and O–H groups in total. The van der Waals surface area contributed by atoms with E-state index in [9.17, 15) is 13.2 Å². The molecule has 0 aliphatic rings. The van der Waals surface area contributed by atoms with Crippen LogP contribution in [0.25, 0.3) is 5.65 Å². The molecule has 2 heterocycles. The lowest BCUT2D eigenvalue weighted by Crippen LogP contribution is -2.23. The quantitative estimate of drug-likeness (QED) is 0.462. The van der Waals surface area contributed by atoms with Gasteiger partial charge in [0.15, 0.2) is 0 Å². The van der Waals surface area contributed by atoms with E-state index >= 15 is 0 Å². The fourth-order valence-corrected chi connectivity index (χ4v) is 3.58. The van der Waals surface area contributed by atoms with Gasteiger partial charge < -0.3 is 14.5 Å². The van der Waals surface area contributed by atoms with E-state index in [2.05, 4.69) is 10.3 Å². The van der Waals surface area contributed by atoms with Crippen LogP contribution < -0.4 is 15.2 Å². The van der Waals surface area contributed by atoms with Gasteiger partial charge in [-0.2, -0.15) is 0 Å². The summed E-state index contributed by atoms with van der Waals surface area (Å²) in [6, 6.07) is 18.7. The van der Waals surface area contributed by atoms with Crippen LogP contribution in [-0.4, -0.2) is 23.7 Å². The standard InChI is InChI=1S/C22H20N4O4S/c23-31(28,29)18-10-8-16(9-11-18)13-24-22(27)19-5-1-2-6-20(19)30-15-17-14-26-12-4-3-7-21(26)25-17/h1-12,14H,13,15H2,(H,24,27)(H2,23,28,29). The van der Waals surface area contributed by atoms with Crippen molar-refractivity contribution in [3.8, 4) is 5.75 Å². The van der Waals surface area contributed by atoms with Gasteiger partial charge in [0.05, 0.1) is 16.2 Å². The summed E-state index contributed by atoms with van der Waals surface area (Å²) in [7, 11) is -3.75. The summed E-state index contributed by atoms with van der Waals surface area (Å²) in [6.45, 7) is 0.450. The number of nitrogens with two attached hydrogens (primary N) is 1. The molecule has 0 radical (unpaired) electrons. The highest BCUT2D eigenvalue weighted by Gasteiger charge is 2.13. The van der Waals surface area contributed by atoms with Crippen LogP contribution in [0.3, 0.4) is 0 Å². The number of fused-ring (bicyclic) bond motifs is 1. The molecule has 2 aromatic heterocycles. The van der Waals surface area contributed by atoms with Crippen LogP contribution in [0.5, 0.6) is 5.75 Å². The van der Waals surface area contributed by atoms with E-state index in [-0.39, 0.29) is 24.0 Å². The van der Waals surface area contributed by atoms with Crippen molar-refractivity contribution in [1.29, 1.82) is 0 Å². The van der Waals surface area contributed by atoms with Gasteiger partial charge >= 0.3 is 0 Å². The SMILES string of the molecule is NS(=O)(=O)c1ccc(CNC(=O)c2ccccc2OCc2cn3ccccc3n2)cc1. The van der Waals surface area contributed by atoms with Crippen LogP contribution >= 0.6 is 0 Å². The van der Waals surface area contributed by atoms with E-state index in [4.69, 9.17) is 9.88 Å². The number of sulfonamides is 1. The summed E-state index contributed by atoms with van der Waals surface area (Å²) in [5.41, 5.74) is 2.70. The smallest absolute Gasteiger partial charge is 0.255 e. The van der Waals surface area contributed by atoms with Gasteiger partial charge in [0.1, 0.15) is 18.0 Å². The Morgan fingerprint density at radius 1 is 1.03 bits per heavy atom.